The second-order valence-corrected chi connectivity index (χ2v) is 6.91. The van der Waals surface area contributed by atoms with E-state index in [9.17, 15) is 0 Å². The van der Waals surface area contributed by atoms with Crippen molar-refractivity contribution < 1.29 is 0 Å². The Hall–Kier alpha value is 0.210. The Morgan fingerprint density at radius 1 is 1.00 bits per heavy atom. The molecule has 2 fully saturated rings. The van der Waals surface area contributed by atoms with Gasteiger partial charge in [0.05, 0.1) is 0 Å². The fourth-order valence-corrected chi connectivity index (χ4v) is 3.46. The van der Waals surface area contributed by atoms with Crippen molar-refractivity contribution in [2.75, 3.05) is 32.7 Å². The van der Waals surface area contributed by atoms with Crippen LogP contribution in [-0.2, 0) is 0 Å². The molecule has 0 amide bonds. The SMILES string of the molecule is CC(C)CCC1CCN(CC2CCNCC2)CC1.Cl. The average molecular weight is 289 g/mol. The summed E-state index contributed by atoms with van der Waals surface area (Å²) in [5.74, 6) is 2.88. The van der Waals surface area contributed by atoms with Crippen molar-refractivity contribution in [2.24, 2.45) is 17.8 Å². The number of piperidine rings is 2. The zero-order chi connectivity index (χ0) is 12.8. The van der Waals surface area contributed by atoms with Crippen molar-refractivity contribution in [3.05, 3.63) is 0 Å². The monoisotopic (exact) mass is 288 g/mol. The van der Waals surface area contributed by atoms with Gasteiger partial charge in [-0.25, -0.2) is 0 Å². The minimum Gasteiger partial charge on any atom is -0.317 e. The quantitative estimate of drug-likeness (QED) is 0.832. The lowest BCUT2D eigenvalue weighted by atomic mass is 9.88. The molecule has 0 saturated carbocycles. The van der Waals surface area contributed by atoms with Crippen LogP contribution >= 0.6 is 12.4 Å². The van der Waals surface area contributed by atoms with Gasteiger partial charge in [-0.15, -0.1) is 12.4 Å². The van der Waals surface area contributed by atoms with E-state index >= 15 is 0 Å². The lowest BCUT2D eigenvalue weighted by Crippen LogP contribution is -2.40. The van der Waals surface area contributed by atoms with Crippen LogP contribution in [0.1, 0.15) is 52.4 Å². The van der Waals surface area contributed by atoms with Gasteiger partial charge in [0.25, 0.3) is 0 Å². The molecule has 0 aliphatic carbocycles. The molecule has 0 atom stereocenters. The third-order valence-electron chi connectivity index (χ3n) is 4.83. The summed E-state index contributed by atoms with van der Waals surface area (Å²) in [5.41, 5.74) is 0. The van der Waals surface area contributed by atoms with Crippen molar-refractivity contribution in [3.63, 3.8) is 0 Å². The summed E-state index contributed by atoms with van der Waals surface area (Å²) < 4.78 is 0. The topological polar surface area (TPSA) is 15.3 Å². The molecule has 2 aliphatic rings. The smallest absolute Gasteiger partial charge is 0.00106 e. The van der Waals surface area contributed by atoms with Crippen LogP contribution in [0.4, 0.5) is 0 Å². The zero-order valence-electron chi connectivity index (χ0n) is 12.9. The Balaban J connectivity index is 0.00000180. The van der Waals surface area contributed by atoms with Crippen molar-refractivity contribution in [3.8, 4) is 0 Å². The molecule has 2 rings (SSSR count). The molecular weight excluding hydrogens is 256 g/mol. The first-order chi connectivity index (χ1) is 8.74. The minimum atomic E-state index is 0. The van der Waals surface area contributed by atoms with Gasteiger partial charge in [-0.05, 0) is 69.6 Å². The van der Waals surface area contributed by atoms with Crippen LogP contribution in [0.25, 0.3) is 0 Å². The molecule has 0 bridgehead atoms. The maximum absolute atomic E-state index is 3.47. The Bertz CT molecular complexity index is 219. The second-order valence-electron chi connectivity index (χ2n) is 6.91. The van der Waals surface area contributed by atoms with Crippen LogP contribution in [0, 0.1) is 17.8 Å². The highest BCUT2D eigenvalue weighted by molar-refractivity contribution is 5.85. The molecule has 2 aliphatic heterocycles. The Labute approximate surface area is 126 Å². The van der Waals surface area contributed by atoms with Crippen LogP contribution in [0.5, 0.6) is 0 Å². The van der Waals surface area contributed by atoms with Crippen LogP contribution in [0.3, 0.4) is 0 Å². The predicted octanol–water partition coefficient (Wildman–Crippen LogP) is 3.56. The first-order valence-corrected chi connectivity index (χ1v) is 8.17. The first-order valence-electron chi connectivity index (χ1n) is 8.17. The van der Waals surface area contributed by atoms with E-state index in [2.05, 4.69) is 24.1 Å². The highest BCUT2D eigenvalue weighted by Gasteiger charge is 2.22. The lowest BCUT2D eigenvalue weighted by molar-refractivity contribution is 0.142. The van der Waals surface area contributed by atoms with Gasteiger partial charge in [0.1, 0.15) is 0 Å². The van der Waals surface area contributed by atoms with Gasteiger partial charge in [-0.2, -0.15) is 0 Å². The molecular formula is C16H33ClN2. The van der Waals surface area contributed by atoms with E-state index in [0.29, 0.717) is 0 Å². The highest BCUT2D eigenvalue weighted by Crippen LogP contribution is 2.25. The normalized spacial score (nSPS) is 23.5. The van der Waals surface area contributed by atoms with Gasteiger partial charge in [0.2, 0.25) is 0 Å². The van der Waals surface area contributed by atoms with E-state index in [-0.39, 0.29) is 12.4 Å². The van der Waals surface area contributed by atoms with Crippen LogP contribution < -0.4 is 5.32 Å². The number of halogens is 1. The summed E-state index contributed by atoms with van der Waals surface area (Å²) in [6, 6.07) is 0. The molecule has 0 aromatic heterocycles. The van der Waals surface area contributed by atoms with Gasteiger partial charge >= 0.3 is 0 Å². The summed E-state index contributed by atoms with van der Waals surface area (Å²) in [6.07, 6.45) is 8.60. The molecule has 0 aromatic rings. The highest BCUT2D eigenvalue weighted by atomic mass is 35.5. The lowest BCUT2D eigenvalue weighted by Gasteiger charge is -2.35. The summed E-state index contributed by atoms with van der Waals surface area (Å²) in [5, 5.41) is 3.47. The van der Waals surface area contributed by atoms with E-state index < -0.39 is 0 Å². The Morgan fingerprint density at radius 3 is 2.21 bits per heavy atom. The van der Waals surface area contributed by atoms with Crippen molar-refractivity contribution in [1.29, 1.82) is 0 Å². The molecule has 0 spiro atoms. The van der Waals surface area contributed by atoms with E-state index in [0.717, 1.165) is 17.8 Å². The Kier molecular flexibility index (Phi) is 8.36. The maximum Gasteiger partial charge on any atom is 0.00106 e. The first kappa shape index (κ1) is 17.3. The molecule has 0 radical (unpaired) electrons. The fourth-order valence-electron chi connectivity index (χ4n) is 3.46. The fraction of sp³-hybridized carbons (Fsp3) is 1.00. The third kappa shape index (κ3) is 6.46. The summed E-state index contributed by atoms with van der Waals surface area (Å²) >= 11 is 0. The average Bonchev–Trinajstić information content (AvgIpc) is 2.39. The molecule has 2 saturated heterocycles. The minimum absolute atomic E-state index is 0. The van der Waals surface area contributed by atoms with Crippen LogP contribution in [0.15, 0.2) is 0 Å². The summed E-state index contributed by atoms with van der Waals surface area (Å²) in [7, 11) is 0. The van der Waals surface area contributed by atoms with E-state index in [1.54, 1.807) is 0 Å². The van der Waals surface area contributed by atoms with Crippen LogP contribution in [0.2, 0.25) is 0 Å². The number of hydrogen-bond donors (Lipinski definition) is 1. The molecule has 0 aromatic carbocycles. The van der Waals surface area contributed by atoms with Gasteiger partial charge in [0, 0.05) is 6.54 Å². The molecule has 2 nitrogen and oxygen atoms in total. The van der Waals surface area contributed by atoms with Gasteiger partial charge < -0.3 is 10.2 Å². The van der Waals surface area contributed by atoms with Crippen molar-refractivity contribution in [2.45, 2.75) is 52.4 Å². The maximum atomic E-state index is 3.47. The number of hydrogen-bond acceptors (Lipinski definition) is 2. The molecule has 19 heavy (non-hydrogen) atoms. The van der Waals surface area contributed by atoms with E-state index in [1.165, 1.54) is 71.2 Å². The van der Waals surface area contributed by atoms with Crippen LogP contribution in [-0.4, -0.2) is 37.6 Å². The number of nitrogens with one attached hydrogen (secondary N) is 1. The van der Waals surface area contributed by atoms with Gasteiger partial charge in [-0.3, -0.25) is 0 Å². The van der Waals surface area contributed by atoms with Gasteiger partial charge in [0.15, 0.2) is 0 Å². The van der Waals surface area contributed by atoms with Gasteiger partial charge in [-0.1, -0.05) is 26.7 Å². The Morgan fingerprint density at radius 2 is 1.63 bits per heavy atom. The summed E-state index contributed by atoms with van der Waals surface area (Å²) in [4.78, 5) is 2.74. The second kappa shape index (κ2) is 9.20. The summed E-state index contributed by atoms with van der Waals surface area (Å²) in [6.45, 7) is 11.3. The molecule has 3 heteroatoms. The van der Waals surface area contributed by atoms with Crippen molar-refractivity contribution in [1.82, 2.24) is 10.2 Å². The molecule has 2 heterocycles. The number of nitrogens with zero attached hydrogens (tertiary/aromatic N) is 1. The largest absolute Gasteiger partial charge is 0.317 e. The van der Waals surface area contributed by atoms with E-state index in [1.807, 2.05) is 0 Å². The molecule has 114 valence electrons. The van der Waals surface area contributed by atoms with Crippen molar-refractivity contribution >= 4 is 12.4 Å². The predicted molar refractivity (Wildman–Crippen MR) is 86.1 cm³/mol. The standard InChI is InChI=1S/C16H32N2.ClH/c1-14(2)3-4-15-7-11-18(12-8-15)13-16-5-9-17-10-6-16;/h14-17H,3-13H2,1-2H3;1H. The zero-order valence-corrected chi connectivity index (χ0v) is 13.7. The third-order valence-corrected chi connectivity index (χ3v) is 4.83. The number of likely N-dealkylation sites (tertiary alicyclic amines) is 1. The molecule has 1 N–H and O–H groups in total. The molecule has 0 unspecified atom stereocenters. The van der Waals surface area contributed by atoms with E-state index in [4.69, 9.17) is 0 Å². The number of rotatable bonds is 5.